The fourth-order valence-corrected chi connectivity index (χ4v) is 2.02. The zero-order valence-electron chi connectivity index (χ0n) is 11.8. The molecule has 0 spiro atoms. The SMILES string of the molecule is CCCCCCC(=O)Nc1cccc(CCCO)c1. The monoisotopic (exact) mass is 263 g/mol. The predicted octanol–water partition coefficient (Wildman–Crippen LogP) is 3.52. The van der Waals surface area contributed by atoms with Gasteiger partial charge >= 0.3 is 0 Å². The molecule has 0 aliphatic carbocycles. The van der Waals surface area contributed by atoms with E-state index >= 15 is 0 Å². The van der Waals surface area contributed by atoms with Gasteiger partial charge in [-0.25, -0.2) is 0 Å². The number of carbonyl (C=O) groups excluding carboxylic acids is 1. The zero-order chi connectivity index (χ0) is 13.9. The first-order valence-electron chi connectivity index (χ1n) is 7.26. The first-order chi connectivity index (χ1) is 9.26. The summed E-state index contributed by atoms with van der Waals surface area (Å²) in [5, 5.41) is 11.7. The number of amides is 1. The van der Waals surface area contributed by atoms with Gasteiger partial charge in [0.05, 0.1) is 0 Å². The maximum Gasteiger partial charge on any atom is 0.224 e. The number of aryl methyl sites for hydroxylation is 1. The van der Waals surface area contributed by atoms with Gasteiger partial charge in [-0.15, -0.1) is 0 Å². The number of hydrogen-bond donors (Lipinski definition) is 2. The summed E-state index contributed by atoms with van der Waals surface area (Å²) >= 11 is 0. The number of aliphatic hydroxyl groups is 1. The van der Waals surface area contributed by atoms with E-state index in [1.807, 2.05) is 24.3 Å². The summed E-state index contributed by atoms with van der Waals surface area (Å²) in [6.07, 6.45) is 6.68. The van der Waals surface area contributed by atoms with Gasteiger partial charge in [0.15, 0.2) is 0 Å². The molecule has 0 aromatic heterocycles. The van der Waals surface area contributed by atoms with Gasteiger partial charge < -0.3 is 10.4 Å². The highest BCUT2D eigenvalue weighted by Gasteiger charge is 2.02. The topological polar surface area (TPSA) is 49.3 Å². The Morgan fingerprint density at radius 3 is 2.79 bits per heavy atom. The van der Waals surface area contributed by atoms with E-state index in [2.05, 4.69) is 12.2 Å². The van der Waals surface area contributed by atoms with Crippen LogP contribution < -0.4 is 5.32 Å². The van der Waals surface area contributed by atoms with Crippen molar-refractivity contribution in [3.8, 4) is 0 Å². The lowest BCUT2D eigenvalue weighted by molar-refractivity contribution is -0.116. The van der Waals surface area contributed by atoms with E-state index in [4.69, 9.17) is 5.11 Å². The number of aliphatic hydroxyl groups excluding tert-OH is 1. The van der Waals surface area contributed by atoms with Crippen LogP contribution in [0.4, 0.5) is 5.69 Å². The molecular formula is C16H25NO2. The molecule has 3 heteroatoms. The Balaban J connectivity index is 2.36. The van der Waals surface area contributed by atoms with E-state index in [1.165, 1.54) is 12.8 Å². The lowest BCUT2D eigenvalue weighted by Gasteiger charge is -2.07. The van der Waals surface area contributed by atoms with Crippen molar-refractivity contribution in [1.29, 1.82) is 0 Å². The largest absolute Gasteiger partial charge is 0.396 e. The molecule has 0 saturated heterocycles. The van der Waals surface area contributed by atoms with Crippen LogP contribution in [0.5, 0.6) is 0 Å². The molecule has 0 fully saturated rings. The Kier molecular flexibility index (Phi) is 7.91. The fraction of sp³-hybridized carbons (Fsp3) is 0.562. The predicted molar refractivity (Wildman–Crippen MR) is 79.2 cm³/mol. The number of rotatable bonds is 9. The Hall–Kier alpha value is -1.35. The minimum Gasteiger partial charge on any atom is -0.396 e. The highest BCUT2D eigenvalue weighted by molar-refractivity contribution is 5.90. The van der Waals surface area contributed by atoms with Gasteiger partial charge in [0.25, 0.3) is 0 Å². The zero-order valence-corrected chi connectivity index (χ0v) is 11.8. The summed E-state index contributed by atoms with van der Waals surface area (Å²) in [4.78, 5) is 11.7. The van der Waals surface area contributed by atoms with Crippen molar-refractivity contribution in [3.05, 3.63) is 29.8 Å². The van der Waals surface area contributed by atoms with Gasteiger partial charge in [-0.2, -0.15) is 0 Å². The Bertz CT molecular complexity index is 377. The number of unbranched alkanes of at least 4 members (excludes halogenated alkanes) is 3. The summed E-state index contributed by atoms with van der Waals surface area (Å²) < 4.78 is 0. The molecule has 1 aromatic rings. The molecule has 0 saturated carbocycles. The van der Waals surface area contributed by atoms with Gasteiger partial charge in [0, 0.05) is 18.7 Å². The number of benzene rings is 1. The normalized spacial score (nSPS) is 10.4. The van der Waals surface area contributed by atoms with Crippen molar-refractivity contribution >= 4 is 11.6 Å². The molecule has 1 amide bonds. The van der Waals surface area contributed by atoms with Crippen LogP contribution in [0.1, 0.15) is 51.0 Å². The first-order valence-corrected chi connectivity index (χ1v) is 7.26. The first kappa shape index (κ1) is 15.7. The van der Waals surface area contributed by atoms with Crippen molar-refractivity contribution in [2.24, 2.45) is 0 Å². The molecule has 106 valence electrons. The summed E-state index contributed by atoms with van der Waals surface area (Å²) in [7, 11) is 0. The molecule has 1 rings (SSSR count). The lowest BCUT2D eigenvalue weighted by Crippen LogP contribution is -2.11. The molecule has 19 heavy (non-hydrogen) atoms. The second-order valence-corrected chi connectivity index (χ2v) is 4.89. The standard InChI is InChI=1S/C16H25NO2/c1-2-3-4-5-11-16(19)17-15-10-6-8-14(13-15)9-7-12-18/h6,8,10,13,18H,2-5,7,9,11-12H2,1H3,(H,17,19). The Morgan fingerprint density at radius 2 is 2.05 bits per heavy atom. The molecule has 2 N–H and O–H groups in total. The Morgan fingerprint density at radius 1 is 1.21 bits per heavy atom. The molecule has 0 unspecified atom stereocenters. The van der Waals surface area contributed by atoms with Crippen LogP contribution in [-0.4, -0.2) is 17.6 Å². The van der Waals surface area contributed by atoms with Crippen LogP contribution in [0.3, 0.4) is 0 Å². The average Bonchev–Trinajstić information content (AvgIpc) is 2.42. The number of carbonyl (C=O) groups is 1. The summed E-state index contributed by atoms with van der Waals surface area (Å²) in [6.45, 7) is 2.37. The highest BCUT2D eigenvalue weighted by Crippen LogP contribution is 2.13. The van der Waals surface area contributed by atoms with E-state index in [0.29, 0.717) is 6.42 Å². The molecule has 1 aromatic carbocycles. The molecule has 0 heterocycles. The molecular weight excluding hydrogens is 238 g/mol. The van der Waals surface area contributed by atoms with Gasteiger partial charge in [-0.1, -0.05) is 38.3 Å². The van der Waals surface area contributed by atoms with Crippen molar-refractivity contribution in [3.63, 3.8) is 0 Å². The van der Waals surface area contributed by atoms with E-state index < -0.39 is 0 Å². The molecule has 0 radical (unpaired) electrons. The second kappa shape index (κ2) is 9.56. The van der Waals surface area contributed by atoms with Gasteiger partial charge in [-0.3, -0.25) is 4.79 Å². The highest BCUT2D eigenvalue weighted by atomic mass is 16.2. The number of hydrogen-bond acceptors (Lipinski definition) is 2. The van der Waals surface area contributed by atoms with E-state index in [0.717, 1.165) is 36.9 Å². The Labute approximate surface area is 116 Å². The van der Waals surface area contributed by atoms with Crippen molar-refractivity contribution in [1.82, 2.24) is 0 Å². The smallest absolute Gasteiger partial charge is 0.224 e. The van der Waals surface area contributed by atoms with Crippen molar-refractivity contribution in [2.75, 3.05) is 11.9 Å². The molecule has 3 nitrogen and oxygen atoms in total. The molecule has 0 aliphatic heterocycles. The van der Waals surface area contributed by atoms with Crippen LogP contribution in [0.25, 0.3) is 0 Å². The van der Waals surface area contributed by atoms with Crippen molar-refractivity contribution < 1.29 is 9.90 Å². The van der Waals surface area contributed by atoms with E-state index in [9.17, 15) is 4.79 Å². The summed E-state index contributed by atoms with van der Waals surface area (Å²) in [5.74, 6) is 0.0930. The van der Waals surface area contributed by atoms with Gasteiger partial charge in [0.1, 0.15) is 0 Å². The second-order valence-electron chi connectivity index (χ2n) is 4.89. The third kappa shape index (κ3) is 6.97. The van der Waals surface area contributed by atoms with Crippen LogP contribution in [0.2, 0.25) is 0 Å². The molecule has 0 bridgehead atoms. The van der Waals surface area contributed by atoms with Crippen LogP contribution in [0, 0.1) is 0 Å². The van der Waals surface area contributed by atoms with E-state index in [-0.39, 0.29) is 12.5 Å². The average molecular weight is 263 g/mol. The molecule has 0 atom stereocenters. The number of anilines is 1. The van der Waals surface area contributed by atoms with Gasteiger partial charge in [0.2, 0.25) is 5.91 Å². The third-order valence-corrected chi connectivity index (χ3v) is 3.09. The van der Waals surface area contributed by atoms with Crippen LogP contribution in [0.15, 0.2) is 24.3 Å². The van der Waals surface area contributed by atoms with E-state index in [1.54, 1.807) is 0 Å². The maximum atomic E-state index is 11.7. The maximum absolute atomic E-state index is 11.7. The van der Waals surface area contributed by atoms with Crippen LogP contribution in [-0.2, 0) is 11.2 Å². The minimum atomic E-state index is 0.0930. The number of nitrogens with one attached hydrogen (secondary N) is 1. The van der Waals surface area contributed by atoms with Crippen LogP contribution >= 0.6 is 0 Å². The minimum absolute atomic E-state index is 0.0930. The third-order valence-electron chi connectivity index (χ3n) is 3.09. The summed E-state index contributed by atoms with van der Waals surface area (Å²) in [6, 6.07) is 7.86. The quantitative estimate of drug-likeness (QED) is 0.670. The van der Waals surface area contributed by atoms with Gasteiger partial charge in [-0.05, 0) is 37.0 Å². The molecule has 0 aliphatic rings. The van der Waals surface area contributed by atoms with Crippen molar-refractivity contribution in [2.45, 2.75) is 51.9 Å². The fourth-order valence-electron chi connectivity index (χ4n) is 2.02. The summed E-state index contributed by atoms with van der Waals surface area (Å²) in [5.41, 5.74) is 2.01. The lowest BCUT2D eigenvalue weighted by atomic mass is 10.1.